The van der Waals surface area contributed by atoms with E-state index in [0.717, 1.165) is 58.2 Å². The summed E-state index contributed by atoms with van der Waals surface area (Å²) < 4.78 is 38.2. The maximum absolute atomic E-state index is 16.9. The van der Waals surface area contributed by atoms with Crippen molar-refractivity contribution >= 4 is 27.5 Å². The number of hydrogen-bond donors (Lipinski definition) is 2. The zero-order chi connectivity index (χ0) is 31.8. The van der Waals surface area contributed by atoms with Crippen LogP contribution in [-0.2, 0) is 0 Å². The number of rotatable bonds is 6. The molecule has 10 heteroatoms. The largest absolute Gasteiger partial charge is 0.508 e. The molecule has 4 fully saturated rings. The van der Waals surface area contributed by atoms with Gasteiger partial charge in [0.25, 0.3) is 0 Å². The fourth-order valence-corrected chi connectivity index (χ4v) is 8.45. The van der Waals surface area contributed by atoms with Gasteiger partial charge in [0, 0.05) is 48.4 Å². The van der Waals surface area contributed by atoms with Crippen LogP contribution in [0.4, 0.5) is 14.6 Å². The van der Waals surface area contributed by atoms with Crippen LogP contribution in [0, 0.1) is 24.0 Å². The Balaban J connectivity index is 1.29. The fourth-order valence-electron chi connectivity index (χ4n) is 8.45. The number of phenols is 1. The summed E-state index contributed by atoms with van der Waals surface area (Å²) in [6, 6.07) is 5.97. The van der Waals surface area contributed by atoms with Crippen LogP contribution in [-0.4, -0.2) is 74.9 Å². The molecule has 6 heterocycles. The van der Waals surface area contributed by atoms with Crippen LogP contribution in [0.15, 0.2) is 42.6 Å². The molecular formula is C36H36F2N6O2. The Morgan fingerprint density at radius 3 is 2.93 bits per heavy atom. The average Bonchev–Trinajstić information content (AvgIpc) is 3.68. The number of nitrogens with one attached hydrogen (secondary N) is 1. The van der Waals surface area contributed by atoms with Gasteiger partial charge in [0.1, 0.15) is 35.2 Å². The molecule has 0 saturated carbocycles. The SMILES string of the molecule is C#Cc1c(F)ccc2cc(O)cc(-c3ncc4c(N5C[C@@H]6CC[C@](CC)(C5)N6)nc(OC[C@@]56CCCN5CC(=C)C6)nc4c3F)c12. The van der Waals surface area contributed by atoms with Gasteiger partial charge in [-0.25, -0.2) is 8.78 Å². The normalized spacial score (nSPS) is 25.8. The van der Waals surface area contributed by atoms with Gasteiger partial charge >= 0.3 is 6.01 Å². The van der Waals surface area contributed by atoms with Gasteiger partial charge in [-0.05, 0) is 68.7 Å². The number of aromatic nitrogens is 3. The van der Waals surface area contributed by atoms with Crippen LogP contribution in [0.2, 0.25) is 0 Å². The van der Waals surface area contributed by atoms with Crippen LogP contribution < -0.4 is 15.0 Å². The topological polar surface area (TPSA) is 86.6 Å². The summed E-state index contributed by atoms with van der Waals surface area (Å²) in [5.74, 6) is 1.53. The quantitative estimate of drug-likeness (QED) is 0.209. The second-order valence-electron chi connectivity index (χ2n) is 13.5. The molecule has 8 nitrogen and oxygen atoms in total. The van der Waals surface area contributed by atoms with Crippen molar-refractivity contribution in [1.29, 1.82) is 0 Å². The summed E-state index contributed by atoms with van der Waals surface area (Å²) in [7, 11) is 0. The number of aromatic hydroxyl groups is 1. The molecule has 3 atom stereocenters. The molecule has 2 bridgehead atoms. The monoisotopic (exact) mass is 622 g/mol. The lowest BCUT2D eigenvalue weighted by molar-refractivity contribution is 0.108. The third-order valence-electron chi connectivity index (χ3n) is 10.7. The molecule has 4 aromatic rings. The first kappa shape index (κ1) is 29.1. The molecule has 0 spiro atoms. The van der Waals surface area contributed by atoms with Crippen molar-refractivity contribution in [3.05, 3.63) is 59.8 Å². The van der Waals surface area contributed by atoms with E-state index in [1.54, 1.807) is 6.20 Å². The van der Waals surface area contributed by atoms with Crippen molar-refractivity contribution in [3.8, 4) is 35.4 Å². The van der Waals surface area contributed by atoms with Crippen molar-refractivity contribution < 1.29 is 18.6 Å². The number of terminal acetylenes is 1. The number of phenolic OH excluding ortho intramolecular Hbond substituents is 1. The molecule has 236 valence electrons. The maximum atomic E-state index is 16.9. The average molecular weight is 623 g/mol. The van der Waals surface area contributed by atoms with Gasteiger partial charge in [0.05, 0.1) is 16.5 Å². The molecule has 46 heavy (non-hydrogen) atoms. The van der Waals surface area contributed by atoms with E-state index >= 15 is 4.39 Å². The number of piperazine rings is 1. The van der Waals surface area contributed by atoms with E-state index < -0.39 is 11.6 Å². The Labute approximate surface area is 266 Å². The van der Waals surface area contributed by atoms with Crippen LogP contribution in [0.3, 0.4) is 0 Å². The number of ether oxygens (including phenoxy) is 1. The molecule has 4 saturated heterocycles. The van der Waals surface area contributed by atoms with Gasteiger partial charge in [-0.15, -0.1) is 6.42 Å². The van der Waals surface area contributed by atoms with E-state index in [4.69, 9.17) is 16.1 Å². The molecule has 2 N–H and O–H groups in total. The third kappa shape index (κ3) is 4.51. The Bertz CT molecular complexity index is 1980. The van der Waals surface area contributed by atoms with Crippen molar-refractivity contribution in [2.75, 3.05) is 37.7 Å². The predicted molar refractivity (Wildman–Crippen MR) is 174 cm³/mol. The first-order valence-corrected chi connectivity index (χ1v) is 16.1. The lowest BCUT2D eigenvalue weighted by atomic mass is 9.93. The standard InChI is InChI=1S/C36H36F2N6O2/c1-4-25-28(37)8-7-22-13-24(45)14-26(29(22)25)31-30(38)32-27(16-39-31)33(43-18-23-9-11-35(5-2,19-43)42-23)41-34(40-32)46-20-36-10-6-12-44(36)17-21(3)15-36/h1,7-8,13-14,16,23,42,45H,3,5-6,9-12,15,17-20H2,2H3/t23-,35+,36-/m0/s1. The first-order chi connectivity index (χ1) is 22.2. The van der Waals surface area contributed by atoms with Crippen LogP contribution >= 0.6 is 0 Å². The number of anilines is 1. The molecule has 4 aliphatic rings. The number of nitrogens with zero attached hydrogens (tertiary/aromatic N) is 5. The van der Waals surface area contributed by atoms with E-state index in [-0.39, 0.29) is 45.2 Å². The minimum atomic E-state index is -0.719. The minimum Gasteiger partial charge on any atom is -0.508 e. The molecule has 0 radical (unpaired) electrons. The molecule has 2 aromatic carbocycles. The third-order valence-corrected chi connectivity index (χ3v) is 10.7. The molecule has 4 aliphatic heterocycles. The summed E-state index contributed by atoms with van der Waals surface area (Å²) in [6.07, 6.45) is 13.3. The Kier molecular flexibility index (Phi) is 6.71. The van der Waals surface area contributed by atoms with Gasteiger partial charge in [-0.1, -0.05) is 31.1 Å². The Morgan fingerprint density at radius 1 is 1.24 bits per heavy atom. The number of fused-ring (bicyclic) bond motifs is 5. The Hall–Kier alpha value is -4.33. The number of benzene rings is 2. The van der Waals surface area contributed by atoms with E-state index in [2.05, 4.69) is 44.5 Å². The van der Waals surface area contributed by atoms with Crippen molar-refractivity contribution in [3.63, 3.8) is 0 Å². The highest BCUT2D eigenvalue weighted by Crippen LogP contribution is 2.43. The molecule has 2 aromatic heterocycles. The molecule has 0 amide bonds. The Morgan fingerprint density at radius 2 is 2.11 bits per heavy atom. The van der Waals surface area contributed by atoms with Crippen LogP contribution in [0.25, 0.3) is 32.9 Å². The summed E-state index contributed by atoms with van der Waals surface area (Å²) in [5.41, 5.74) is 1.09. The van der Waals surface area contributed by atoms with Gasteiger partial charge in [0.2, 0.25) is 0 Å². The second kappa shape index (κ2) is 10.6. The number of hydrogen-bond acceptors (Lipinski definition) is 8. The van der Waals surface area contributed by atoms with Crippen molar-refractivity contribution in [1.82, 2.24) is 25.2 Å². The van der Waals surface area contributed by atoms with Crippen LogP contribution in [0.1, 0.15) is 51.0 Å². The molecule has 0 unspecified atom stereocenters. The maximum Gasteiger partial charge on any atom is 0.319 e. The number of pyridine rings is 1. The van der Waals surface area contributed by atoms with Crippen molar-refractivity contribution in [2.45, 2.75) is 62.6 Å². The van der Waals surface area contributed by atoms with Gasteiger partial charge < -0.3 is 20.1 Å². The smallest absolute Gasteiger partial charge is 0.319 e. The minimum absolute atomic E-state index is 0.0270. The second-order valence-corrected chi connectivity index (χ2v) is 13.5. The van der Waals surface area contributed by atoms with Crippen LogP contribution in [0.5, 0.6) is 11.8 Å². The van der Waals surface area contributed by atoms with E-state index in [0.29, 0.717) is 41.2 Å². The fraction of sp³-hybridized carbons (Fsp3) is 0.417. The summed E-state index contributed by atoms with van der Waals surface area (Å²) in [4.78, 5) is 18.8. The zero-order valence-corrected chi connectivity index (χ0v) is 25.9. The van der Waals surface area contributed by atoms with Gasteiger partial charge in [0.15, 0.2) is 5.82 Å². The summed E-state index contributed by atoms with van der Waals surface area (Å²) in [5, 5.41) is 15.6. The van der Waals surface area contributed by atoms with E-state index in [1.165, 1.54) is 29.8 Å². The number of halogens is 2. The molecule has 0 aliphatic carbocycles. The summed E-state index contributed by atoms with van der Waals surface area (Å²) >= 11 is 0. The highest BCUT2D eigenvalue weighted by atomic mass is 19.1. The van der Waals surface area contributed by atoms with E-state index in [1.807, 2.05) is 0 Å². The van der Waals surface area contributed by atoms with Gasteiger partial charge in [-0.2, -0.15) is 9.97 Å². The first-order valence-electron chi connectivity index (χ1n) is 16.1. The highest BCUT2D eigenvalue weighted by Gasteiger charge is 2.47. The van der Waals surface area contributed by atoms with Gasteiger partial charge in [-0.3, -0.25) is 9.88 Å². The van der Waals surface area contributed by atoms with E-state index in [9.17, 15) is 9.50 Å². The zero-order valence-electron chi connectivity index (χ0n) is 25.9. The summed E-state index contributed by atoms with van der Waals surface area (Å²) in [6.45, 7) is 10.1. The van der Waals surface area contributed by atoms with Crippen molar-refractivity contribution in [2.24, 2.45) is 0 Å². The molecule has 8 rings (SSSR count). The molecular weight excluding hydrogens is 586 g/mol. The lowest BCUT2D eigenvalue weighted by Gasteiger charge is -2.42. The highest BCUT2D eigenvalue weighted by molar-refractivity contribution is 6.03. The predicted octanol–water partition coefficient (Wildman–Crippen LogP) is 5.70. The lowest BCUT2D eigenvalue weighted by Crippen LogP contribution is -2.59.